The molecule has 0 aromatic heterocycles. The molecule has 0 radical (unpaired) electrons. The van der Waals surface area contributed by atoms with Gasteiger partial charge in [0, 0.05) is 5.56 Å². The molecule has 0 amide bonds. The number of hydrogen-bond acceptors (Lipinski definition) is 3. The van der Waals surface area contributed by atoms with E-state index in [1.54, 1.807) is 19.1 Å². The summed E-state index contributed by atoms with van der Waals surface area (Å²) in [5.41, 5.74) is 0.180. The highest BCUT2D eigenvalue weighted by atomic mass is 79.9. The monoisotopic (exact) mass is 372 g/mol. The Labute approximate surface area is 134 Å². The van der Waals surface area contributed by atoms with Crippen LogP contribution in [0.3, 0.4) is 0 Å². The summed E-state index contributed by atoms with van der Waals surface area (Å²) < 4.78 is 18.6. The van der Waals surface area contributed by atoms with Crippen molar-refractivity contribution in [2.24, 2.45) is 0 Å². The number of carbonyl (C=O) groups is 2. The van der Waals surface area contributed by atoms with Gasteiger partial charge >= 0.3 is 5.97 Å². The maximum absolute atomic E-state index is 13.6. The van der Waals surface area contributed by atoms with Crippen molar-refractivity contribution in [2.75, 3.05) is 6.61 Å². The van der Waals surface area contributed by atoms with E-state index < -0.39 is 24.0 Å². The number of benzene rings is 2. The standard InChI is InChI=1S/C15H11BrClFO3/c1-2-21-15(20)7-14(19)10-3-8-6-13(18)11(16)4-9(8)5-12(10)17/h3-6H,2,7H2,1H3. The van der Waals surface area contributed by atoms with E-state index >= 15 is 0 Å². The van der Waals surface area contributed by atoms with Crippen molar-refractivity contribution < 1.29 is 18.7 Å². The first kappa shape index (κ1) is 15.9. The van der Waals surface area contributed by atoms with Crippen molar-refractivity contribution in [1.82, 2.24) is 0 Å². The SMILES string of the molecule is CCOC(=O)CC(=O)c1cc2cc(F)c(Br)cc2cc1Cl. The first-order chi connectivity index (χ1) is 9.92. The number of Topliss-reactive ketones (excluding diaryl/α,β-unsaturated/α-hetero) is 1. The molecule has 2 aromatic rings. The zero-order valence-electron chi connectivity index (χ0n) is 11.1. The molecule has 0 heterocycles. The molecule has 6 heteroatoms. The topological polar surface area (TPSA) is 43.4 Å². The lowest BCUT2D eigenvalue weighted by Crippen LogP contribution is -2.11. The highest BCUT2D eigenvalue weighted by Gasteiger charge is 2.17. The molecule has 0 aliphatic rings. The van der Waals surface area contributed by atoms with Crippen LogP contribution in [0.4, 0.5) is 4.39 Å². The minimum Gasteiger partial charge on any atom is -0.466 e. The number of ketones is 1. The average Bonchev–Trinajstić information content (AvgIpc) is 2.40. The Morgan fingerprint density at radius 3 is 2.57 bits per heavy atom. The molecule has 0 bridgehead atoms. The molecule has 0 saturated heterocycles. The van der Waals surface area contributed by atoms with E-state index in [0.717, 1.165) is 0 Å². The molecule has 0 unspecified atom stereocenters. The smallest absolute Gasteiger partial charge is 0.313 e. The zero-order chi connectivity index (χ0) is 15.6. The van der Waals surface area contributed by atoms with Gasteiger partial charge in [-0.05, 0) is 57.9 Å². The van der Waals surface area contributed by atoms with Crippen molar-refractivity contribution in [2.45, 2.75) is 13.3 Å². The molecule has 0 spiro atoms. The third-order valence-corrected chi connectivity index (χ3v) is 3.80. The molecule has 110 valence electrons. The summed E-state index contributed by atoms with van der Waals surface area (Å²) >= 11 is 9.16. The fourth-order valence-electron chi connectivity index (χ4n) is 1.92. The molecule has 3 nitrogen and oxygen atoms in total. The Bertz CT molecular complexity index is 730. The van der Waals surface area contributed by atoms with Gasteiger partial charge in [-0.3, -0.25) is 9.59 Å². The van der Waals surface area contributed by atoms with E-state index in [1.807, 2.05) is 0 Å². The third-order valence-electron chi connectivity index (χ3n) is 2.88. The lowest BCUT2D eigenvalue weighted by atomic mass is 10.0. The molecular weight excluding hydrogens is 363 g/mol. The van der Waals surface area contributed by atoms with Gasteiger partial charge in [-0.1, -0.05) is 11.6 Å². The molecule has 0 fully saturated rings. The van der Waals surface area contributed by atoms with E-state index in [9.17, 15) is 14.0 Å². The predicted octanol–water partition coefficient (Wildman–Crippen LogP) is 4.53. The van der Waals surface area contributed by atoms with Gasteiger partial charge in [0.25, 0.3) is 0 Å². The maximum atomic E-state index is 13.6. The number of fused-ring (bicyclic) bond motifs is 1. The lowest BCUT2D eigenvalue weighted by Gasteiger charge is -2.07. The molecule has 0 N–H and O–H groups in total. The van der Waals surface area contributed by atoms with Crippen molar-refractivity contribution in [3.8, 4) is 0 Å². The van der Waals surface area contributed by atoms with E-state index in [2.05, 4.69) is 15.9 Å². The van der Waals surface area contributed by atoms with Gasteiger partial charge in [-0.2, -0.15) is 0 Å². The van der Waals surface area contributed by atoms with Gasteiger partial charge in [-0.15, -0.1) is 0 Å². The number of hydrogen-bond donors (Lipinski definition) is 0. The van der Waals surface area contributed by atoms with Gasteiger partial charge < -0.3 is 4.74 Å². The summed E-state index contributed by atoms with van der Waals surface area (Å²) in [6.07, 6.45) is -0.391. The van der Waals surface area contributed by atoms with E-state index in [-0.39, 0.29) is 17.2 Å². The van der Waals surface area contributed by atoms with E-state index in [4.69, 9.17) is 16.3 Å². The maximum Gasteiger partial charge on any atom is 0.313 e. The minimum absolute atomic E-state index is 0.180. The second kappa shape index (κ2) is 6.54. The molecule has 2 aromatic carbocycles. The fraction of sp³-hybridized carbons (Fsp3) is 0.200. The van der Waals surface area contributed by atoms with Crippen LogP contribution in [0.25, 0.3) is 10.8 Å². The molecule has 0 aliphatic carbocycles. The third kappa shape index (κ3) is 3.60. The number of esters is 1. The van der Waals surface area contributed by atoms with Crippen molar-refractivity contribution in [1.29, 1.82) is 0 Å². The summed E-state index contributed by atoms with van der Waals surface area (Å²) in [6, 6.07) is 5.93. The molecule has 0 aliphatic heterocycles. The zero-order valence-corrected chi connectivity index (χ0v) is 13.4. The quantitative estimate of drug-likeness (QED) is 0.449. The molecular formula is C15H11BrClFO3. The van der Waals surface area contributed by atoms with Crippen LogP contribution in [0.2, 0.25) is 5.02 Å². The Morgan fingerprint density at radius 1 is 1.24 bits per heavy atom. The summed E-state index contributed by atoms with van der Waals surface area (Å²) in [6.45, 7) is 1.86. The fourth-order valence-corrected chi connectivity index (χ4v) is 2.56. The second-order valence-electron chi connectivity index (χ2n) is 4.35. The predicted molar refractivity (Wildman–Crippen MR) is 82.2 cm³/mol. The second-order valence-corrected chi connectivity index (χ2v) is 5.61. The molecule has 0 saturated carbocycles. The Morgan fingerprint density at radius 2 is 1.90 bits per heavy atom. The number of halogens is 3. The summed E-state index contributed by atoms with van der Waals surface area (Å²) in [5, 5.41) is 1.45. The van der Waals surface area contributed by atoms with Crippen molar-refractivity contribution in [3.63, 3.8) is 0 Å². The highest BCUT2D eigenvalue weighted by Crippen LogP contribution is 2.29. The largest absolute Gasteiger partial charge is 0.466 e. The molecule has 0 atom stereocenters. The van der Waals surface area contributed by atoms with Gasteiger partial charge in [0.15, 0.2) is 5.78 Å². The van der Waals surface area contributed by atoms with E-state index in [0.29, 0.717) is 15.2 Å². The lowest BCUT2D eigenvalue weighted by molar-refractivity contribution is -0.141. The van der Waals surface area contributed by atoms with Crippen LogP contribution in [0.1, 0.15) is 23.7 Å². The highest BCUT2D eigenvalue weighted by molar-refractivity contribution is 9.10. The summed E-state index contributed by atoms with van der Waals surface area (Å²) in [7, 11) is 0. The number of carbonyl (C=O) groups excluding carboxylic acids is 2. The van der Waals surface area contributed by atoms with Crippen LogP contribution in [-0.2, 0) is 9.53 Å². The van der Waals surface area contributed by atoms with Crippen LogP contribution in [0.5, 0.6) is 0 Å². The normalized spacial score (nSPS) is 10.7. The first-order valence-corrected chi connectivity index (χ1v) is 7.36. The van der Waals surface area contributed by atoms with Crippen LogP contribution >= 0.6 is 27.5 Å². The van der Waals surface area contributed by atoms with Crippen LogP contribution in [0, 0.1) is 5.82 Å². The van der Waals surface area contributed by atoms with Gasteiger partial charge in [0.1, 0.15) is 12.2 Å². The average molecular weight is 374 g/mol. The number of ether oxygens (including phenoxy) is 1. The molecule has 2 rings (SSSR count). The Hall–Kier alpha value is -1.46. The summed E-state index contributed by atoms with van der Waals surface area (Å²) in [4.78, 5) is 23.4. The van der Waals surface area contributed by atoms with Gasteiger partial charge in [0.05, 0.1) is 16.1 Å². The van der Waals surface area contributed by atoms with E-state index in [1.165, 1.54) is 12.1 Å². The van der Waals surface area contributed by atoms with Crippen LogP contribution < -0.4 is 0 Å². The van der Waals surface area contributed by atoms with Gasteiger partial charge in [0.2, 0.25) is 0 Å². The first-order valence-electron chi connectivity index (χ1n) is 6.19. The minimum atomic E-state index is -0.611. The Balaban J connectivity index is 2.40. The summed E-state index contributed by atoms with van der Waals surface area (Å²) in [5.74, 6) is -1.50. The van der Waals surface area contributed by atoms with Crippen molar-refractivity contribution >= 4 is 50.1 Å². The van der Waals surface area contributed by atoms with Crippen LogP contribution in [-0.4, -0.2) is 18.4 Å². The molecule has 21 heavy (non-hydrogen) atoms. The number of rotatable bonds is 4. The Kier molecular flexibility index (Phi) is 4.96. The van der Waals surface area contributed by atoms with Gasteiger partial charge in [-0.25, -0.2) is 4.39 Å². The van der Waals surface area contributed by atoms with Crippen LogP contribution in [0.15, 0.2) is 28.7 Å². The van der Waals surface area contributed by atoms with Crippen molar-refractivity contribution in [3.05, 3.63) is 45.1 Å².